The third-order valence-electron chi connectivity index (χ3n) is 4.74. The van der Waals surface area contributed by atoms with Crippen LogP contribution in [0.1, 0.15) is 12.2 Å². The number of nitrogens with zero attached hydrogens (tertiary/aromatic N) is 4. The van der Waals surface area contributed by atoms with Crippen LogP contribution in [0.4, 0.5) is 5.82 Å². The number of hydrogen-bond donors (Lipinski definition) is 1. The molecule has 146 valence electrons. The maximum absolute atomic E-state index is 5.40. The van der Waals surface area contributed by atoms with Gasteiger partial charge in [-0.05, 0) is 37.4 Å². The monoisotopic (exact) mass is 395 g/mol. The van der Waals surface area contributed by atoms with Crippen LogP contribution in [0.5, 0.6) is 0 Å². The van der Waals surface area contributed by atoms with Crippen molar-refractivity contribution >= 4 is 17.2 Å². The molecule has 0 atom stereocenters. The van der Waals surface area contributed by atoms with Gasteiger partial charge < -0.3 is 10.1 Å². The van der Waals surface area contributed by atoms with Crippen molar-refractivity contribution in [3.63, 3.8) is 0 Å². The van der Waals surface area contributed by atoms with Gasteiger partial charge in [0.25, 0.3) is 0 Å². The van der Waals surface area contributed by atoms with Crippen molar-refractivity contribution in [1.29, 1.82) is 0 Å². The van der Waals surface area contributed by atoms with Gasteiger partial charge in [-0.3, -0.25) is 9.88 Å². The molecule has 3 aromatic heterocycles. The summed E-state index contributed by atoms with van der Waals surface area (Å²) >= 11 is 1.71. The van der Waals surface area contributed by atoms with E-state index >= 15 is 0 Å². The van der Waals surface area contributed by atoms with Crippen LogP contribution in [0.3, 0.4) is 0 Å². The zero-order valence-electron chi connectivity index (χ0n) is 16.1. The molecule has 1 fully saturated rings. The van der Waals surface area contributed by atoms with E-state index in [0.29, 0.717) is 0 Å². The number of hydrogen-bond acceptors (Lipinski definition) is 7. The molecular weight excluding hydrogens is 370 g/mol. The van der Waals surface area contributed by atoms with E-state index in [1.54, 1.807) is 11.3 Å². The van der Waals surface area contributed by atoms with Crippen LogP contribution < -0.4 is 5.32 Å². The summed E-state index contributed by atoms with van der Waals surface area (Å²) in [4.78, 5) is 17.2. The zero-order chi connectivity index (χ0) is 19.2. The summed E-state index contributed by atoms with van der Waals surface area (Å²) in [7, 11) is 0. The molecule has 0 bridgehead atoms. The molecule has 1 aliphatic heterocycles. The summed E-state index contributed by atoms with van der Waals surface area (Å²) in [5.41, 5.74) is 3.02. The third-order valence-corrected chi connectivity index (χ3v) is 5.66. The normalized spacial score (nSPS) is 14.9. The van der Waals surface area contributed by atoms with Gasteiger partial charge in [0.2, 0.25) is 0 Å². The highest BCUT2D eigenvalue weighted by atomic mass is 32.1. The molecule has 0 unspecified atom stereocenters. The van der Waals surface area contributed by atoms with Gasteiger partial charge in [-0.2, -0.15) is 0 Å². The largest absolute Gasteiger partial charge is 0.379 e. The second-order valence-electron chi connectivity index (χ2n) is 6.86. The van der Waals surface area contributed by atoms with Crippen molar-refractivity contribution in [2.75, 3.05) is 44.7 Å². The van der Waals surface area contributed by atoms with E-state index < -0.39 is 0 Å². The molecule has 0 amide bonds. The Bertz CT molecular complexity index is 894. The molecule has 6 nitrogen and oxygen atoms in total. The molecule has 1 N–H and O–H groups in total. The molecule has 4 heterocycles. The summed E-state index contributed by atoms with van der Waals surface area (Å²) in [5.74, 6) is 1.63. The van der Waals surface area contributed by atoms with E-state index in [2.05, 4.69) is 48.7 Å². The number of rotatable bonds is 7. The Morgan fingerprint density at radius 3 is 2.82 bits per heavy atom. The molecule has 4 rings (SSSR count). The molecule has 0 spiro atoms. The van der Waals surface area contributed by atoms with E-state index in [1.165, 1.54) is 4.88 Å². The first-order valence-corrected chi connectivity index (χ1v) is 10.5. The second-order valence-corrected chi connectivity index (χ2v) is 7.81. The standard InChI is InChI=1S/C21H25N5OS/c1-16-24-19(17-12-18(15-22-14-17)20-4-2-11-28-20)13-21(25-16)23-5-3-6-26-7-9-27-10-8-26/h2,4,11-15H,3,5-10H2,1H3,(H,23,24,25). The molecule has 3 aromatic rings. The summed E-state index contributed by atoms with van der Waals surface area (Å²) in [6.07, 6.45) is 4.84. The van der Waals surface area contributed by atoms with Crippen molar-refractivity contribution in [3.05, 3.63) is 47.9 Å². The van der Waals surface area contributed by atoms with Crippen LogP contribution in [0.2, 0.25) is 0 Å². The minimum Gasteiger partial charge on any atom is -0.379 e. The summed E-state index contributed by atoms with van der Waals surface area (Å²) in [6.45, 7) is 7.66. The Morgan fingerprint density at radius 2 is 2.00 bits per heavy atom. The SMILES string of the molecule is Cc1nc(NCCCN2CCOCC2)cc(-c2cncc(-c3cccs3)c2)n1. The third kappa shape index (κ3) is 4.92. The quantitative estimate of drug-likeness (QED) is 0.616. The van der Waals surface area contributed by atoms with Crippen LogP contribution in [0.15, 0.2) is 42.0 Å². The number of nitrogens with one attached hydrogen (secondary N) is 1. The van der Waals surface area contributed by atoms with Gasteiger partial charge in [0, 0.05) is 54.1 Å². The fraction of sp³-hybridized carbons (Fsp3) is 0.381. The zero-order valence-corrected chi connectivity index (χ0v) is 16.9. The van der Waals surface area contributed by atoms with Gasteiger partial charge in [0.15, 0.2) is 0 Å². The highest BCUT2D eigenvalue weighted by molar-refractivity contribution is 7.13. The molecular formula is C21H25N5OS. The minimum atomic E-state index is 0.759. The van der Waals surface area contributed by atoms with Crippen LogP contribution in [-0.4, -0.2) is 59.2 Å². The topological polar surface area (TPSA) is 63.2 Å². The average molecular weight is 396 g/mol. The first-order valence-electron chi connectivity index (χ1n) is 9.67. The number of aryl methyl sites for hydroxylation is 1. The van der Waals surface area contributed by atoms with Crippen LogP contribution in [0, 0.1) is 6.92 Å². The smallest absolute Gasteiger partial charge is 0.130 e. The fourth-order valence-electron chi connectivity index (χ4n) is 3.31. The lowest BCUT2D eigenvalue weighted by molar-refractivity contribution is 0.0378. The van der Waals surface area contributed by atoms with Crippen LogP contribution >= 0.6 is 11.3 Å². The number of morpholine rings is 1. The lowest BCUT2D eigenvalue weighted by atomic mass is 10.1. The number of aromatic nitrogens is 3. The minimum absolute atomic E-state index is 0.759. The summed E-state index contributed by atoms with van der Waals surface area (Å²) in [6, 6.07) is 8.32. The lowest BCUT2D eigenvalue weighted by Gasteiger charge is -2.26. The van der Waals surface area contributed by atoms with E-state index in [9.17, 15) is 0 Å². The molecule has 28 heavy (non-hydrogen) atoms. The fourth-order valence-corrected chi connectivity index (χ4v) is 4.02. The second kappa shape index (κ2) is 9.23. The number of ether oxygens (including phenoxy) is 1. The van der Waals surface area contributed by atoms with E-state index in [4.69, 9.17) is 4.74 Å². The maximum Gasteiger partial charge on any atom is 0.130 e. The summed E-state index contributed by atoms with van der Waals surface area (Å²) in [5, 5.41) is 5.53. The van der Waals surface area contributed by atoms with Crippen LogP contribution in [0.25, 0.3) is 21.7 Å². The van der Waals surface area contributed by atoms with Gasteiger partial charge in [-0.15, -0.1) is 11.3 Å². The van der Waals surface area contributed by atoms with Crippen molar-refractivity contribution in [1.82, 2.24) is 19.9 Å². The van der Waals surface area contributed by atoms with Gasteiger partial charge in [-0.25, -0.2) is 9.97 Å². The van der Waals surface area contributed by atoms with Gasteiger partial charge in [0.1, 0.15) is 11.6 Å². The molecule has 0 saturated carbocycles. The van der Waals surface area contributed by atoms with Gasteiger partial charge in [-0.1, -0.05) is 6.07 Å². The number of pyridine rings is 1. The first kappa shape index (κ1) is 19.0. The van der Waals surface area contributed by atoms with Crippen molar-refractivity contribution in [3.8, 4) is 21.7 Å². The van der Waals surface area contributed by atoms with Gasteiger partial charge in [0.05, 0.1) is 18.9 Å². The Labute approximate surface area is 169 Å². The number of thiophene rings is 1. The maximum atomic E-state index is 5.40. The highest BCUT2D eigenvalue weighted by Crippen LogP contribution is 2.28. The molecule has 0 radical (unpaired) electrons. The molecule has 0 aliphatic carbocycles. The Morgan fingerprint density at radius 1 is 1.14 bits per heavy atom. The molecule has 7 heteroatoms. The van der Waals surface area contributed by atoms with E-state index in [-0.39, 0.29) is 0 Å². The summed E-state index contributed by atoms with van der Waals surface area (Å²) < 4.78 is 5.40. The van der Waals surface area contributed by atoms with Crippen molar-refractivity contribution in [2.24, 2.45) is 0 Å². The predicted octanol–water partition coefficient (Wildman–Crippen LogP) is 3.71. The molecule has 0 aromatic carbocycles. The Hall–Kier alpha value is -2.35. The highest BCUT2D eigenvalue weighted by Gasteiger charge is 2.10. The van der Waals surface area contributed by atoms with Crippen molar-refractivity contribution in [2.45, 2.75) is 13.3 Å². The van der Waals surface area contributed by atoms with Crippen molar-refractivity contribution < 1.29 is 4.74 Å². The van der Waals surface area contributed by atoms with Crippen LogP contribution in [-0.2, 0) is 4.74 Å². The van der Waals surface area contributed by atoms with E-state index in [0.717, 1.165) is 74.3 Å². The molecule has 1 aliphatic rings. The number of anilines is 1. The average Bonchev–Trinajstić information content (AvgIpc) is 3.27. The Balaban J connectivity index is 1.41. The van der Waals surface area contributed by atoms with E-state index in [1.807, 2.05) is 25.4 Å². The Kier molecular flexibility index (Phi) is 6.26. The first-order chi connectivity index (χ1) is 13.8. The van der Waals surface area contributed by atoms with Gasteiger partial charge >= 0.3 is 0 Å². The predicted molar refractivity (Wildman–Crippen MR) is 114 cm³/mol. The lowest BCUT2D eigenvalue weighted by Crippen LogP contribution is -2.37. The molecule has 1 saturated heterocycles.